The minimum absolute atomic E-state index is 0. The number of fused-ring (bicyclic) bond motifs is 2. The van der Waals surface area contributed by atoms with Crippen molar-refractivity contribution in [2.75, 3.05) is 13.1 Å². The fourth-order valence-corrected chi connectivity index (χ4v) is 16.2. The number of carboxylic acid groups (broad SMARTS) is 1. The summed E-state index contributed by atoms with van der Waals surface area (Å²) in [6.45, 7) is 31.7. The van der Waals surface area contributed by atoms with Gasteiger partial charge in [-0.25, -0.2) is 14.4 Å². The molecule has 11 N–H and O–H groups in total. The number of carbonyl (C=O) groups is 8. The number of alkyl carbamates (subject to hydrolysis) is 2. The molecule has 2 aliphatic heterocycles. The number of hydrogen-bond acceptors (Lipinski definition) is 13. The topological polar surface area (TPSA) is 324 Å². The van der Waals surface area contributed by atoms with Gasteiger partial charge < -0.3 is 62.4 Å². The summed E-state index contributed by atoms with van der Waals surface area (Å²) in [4.78, 5) is 105. The number of carboxylic acids is 1. The summed E-state index contributed by atoms with van der Waals surface area (Å²) in [7, 11) is 0. The lowest BCUT2D eigenvalue weighted by Gasteiger charge is -2.36. The van der Waals surface area contributed by atoms with Gasteiger partial charge in [-0.15, -0.1) is 12.4 Å². The van der Waals surface area contributed by atoms with E-state index in [1.807, 2.05) is 41.5 Å². The Balaban J connectivity index is 0.000000307. The number of carbonyl (C=O) groups excluding carboxylic acids is 7. The highest BCUT2D eigenvalue weighted by molar-refractivity contribution is 15.0. The van der Waals surface area contributed by atoms with Crippen LogP contribution in [0.2, 0.25) is 0 Å². The molecule has 0 aromatic carbocycles. The molecule has 2 saturated heterocycles. The van der Waals surface area contributed by atoms with E-state index >= 15 is 0 Å². The zero-order chi connectivity index (χ0) is 64.8. The average molecular weight is 1460 g/mol. The first-order chi connectivity index (χ1) is 38.9. The maximum atomic E-state index is 14.4. The van der Waals surface area contributed by atoms with Crippen molar-refractivity contribution in [3.8, 4) is 0 Å². The van der Waals surface area contributed by atoms with E-state index in [1.165, 1.54) is 30.6 Å². The van der Waals surface area contributed by atoms with Gasteiger partial charge in [0.25, 0.3) is 0 Å². The van der Waals surface area contributed by atoms with Crippen LogP contribution in [0.5, 0.6) is 0 Å². The van der Waals surface area contributed by atoms with Crippen LogP contribution in [0.25, 0.3) is 0 Å². The molecular weight excluding hydrogens is 1350 g/mol. The number of rotatable bonds is 16. The first-order valence-corrected chi connectivity index (χ1v) is 37.4. The first kappa shape index (κ1) is 75.6. The van der Waals surface area contributed by atoms with Crippen LogP contribution in [0.1, 0.15) is 220 Å². The molecule has 86 heavy (non-hydrogen) atoms. The van der Waals surface area contributed by atoms with Gasteiger partial charge in [0.05, 0.1) is 6.04 Å². The molecule has 0 bridgehead atoms. The highest BCUT2D eigenvalue weighted by atomic mass is 128. The van der Waals surface area contributed by atoms with Gasteiger partial charge in [0.1, 0.15) is 41.5 Å². The van der Waals surface area contributed by atoms with Crippen LogP contribution >= 0.6 is 49.6 Å². The number of nitrogens with two attached hydrogens (primary N) is 3. The van der Waals surface area contributed by atoms with E-state index in [9.17, 15) is 48.6 Å². The van der Waals surface area contributed by atoms with E-state index < -0.39 is 100 Å². The van der Waals surface area contributed by atoms with Gasteiger partial charge in [0.2, 0.25) is 23.6 Å². The number of Topliss-reactive ketones (excluding diaryl/α,β-unsaturated/α-hetero) is 1. The van der Waals surface area contributed by atoms with Crippen LogP contribution < -0.4 is 27.8 Å². The summed E-state index contributed by atoms with van der Waals surface area (Å²) in [5.74, 6) is -2.87. The van der Waals surface area contributed by atoms with Crippen molar-refractivity contribution in [1.82, 2.24) is 20.4 Å². The normalized spacial score (nSPS) is 27.5. The average Bonchev–Trinajstić information content (AvgIpc) is 1.47. The van der Waals surface area contributed by atoms with Crippen LogP contribution in [-0.4, -0.2) is 139 Å². The number of hydrogen-bond donors (Lipinski definition) is 8. The quantitative estimate of drug-likeness (QED) is 0.0667. The number of nitrogens with zero attached hydrogens (tertiary/aromatic N) is 2. The van der Waals surface area contributed by atoms with E-state index in [2.05, 4.69) is 75.6 Å². The SMILES string of the molecule is CC(C)(C)OC(=O)N[C@H](C(=O)N1C[C@]2(C[C@H]1C(=O)CC(CC1CCC1)C(O)C(N)=O)C(C)(C)C21CCC1)C(C)(C)C.CC(C)(C)OC(=O)N[C@H](C(=O)N1C[C@]2(C[C@H]1C(=O)O)C(C)(C)C21CCC1)C(C)(C)C.Cl.II.NC(=O)C(O)C(N)CC1CCC1. The third kappa shape index (κ3) is 15.2. The van der Waals surface area contributed by atoms with Crippen LogP contribution in [0.4, 0.5) is 9.59 Å². The molecule has 4 spiro atoms. The Hall–Kier alpha value is -2.81. The third-order valence-corrected chi connectivity index (χ3v) is 22.0. The Morgan fingerprint density at radius 2 is 0.919 bits per heavy atom. The Morgan fingerprint density at radius 3 is 1.20 bits per heavy atom. The van der Waals surface area contributed by atoms with Crippen LogP contribution in [-0.2, 0) is 38.2 Å². The van der Waals surface area contributed by atoms with Gasteiger partial charge in [0, 0.05) is 79.5 Å². The molecule has 10 atom stereocenters. The molecule has 0 radical (unpaired) electrons. The number of amides is 6. The largest absolute Gasteiger partial charge is 0.480 e. The highest BCUT2D eigenvalue weighted by Crippen LogP contribution is 2.89. The van der Waals surface area contributed by atoms with Crippen molar-refractivity contribution in [2.45, 2.75) is 274 Å². The number of aliphatic carboxylic acids is 1. The Morgan fingerprint density at radius 1 is 0.570 bits per heavy atom. The number of nitrogens with one attached hydrogen (secondary N) is 2. The highest BCUT2D eigenvalue weighted by Gasteiger charge is 2.86. The maximum Gasteiger partial charge on any atom is 0.408 e. The van der Waals surface area contributed by atoms with Crippen molar-refractivity contribution in [3.63, 3.8) is 0 Å². The summed E-state index contributed by atoms with van der Waals surface area (Å²) in [5.41, 5.74) is 13.3. The summed E-state index contributed by atoms with van der Waals surface area (Å²) < 4.78 is 10.9. The monoisotopic (exact) mass is 1460 g/mol. The molecule has 23 heteroatoms. The second kappa shape index (κ2) is 27.6. The molecule has 8 rings (SSSR count). The van der Waals surface area contributed by atoms with Crippen molar-refractivity contribution in [2.24, 2.45) is 78.3 Å². The predicted molar refractivity (Wildman–Crippen MR) is 349 cm³/mol. The zero-order valence-electron chi connectivity index (χ0n) is 54.4. The number of halogens is 3. The first-order valence-electron chi connectivity index (χ1n) is 31.1. The molecule has 6 saturated carbocycles. The predicted octanol–water partition coefficient (Wildman–Crippen LogP) is 9.69. The summed E-state index contributed by atoms with van der Waals surface area (Å²) in [6.07, 6.45) is 11.9. The minimum Gasteiger partial charge on any atom is -0.480 e. The molecule has 2 heterocycles. The van der Waals surface area contributed by atoms with Crippen LogP contribution in [0, 0.1) is 61.1 Å². The van der Waals surface area contributed by atoms with Gasteiger partial charge in [-0.1, -0.05) is 121 Å². The van der Waals surface area contributed by atoms with Crippen molar-refractivity contribution >= 4 is 97.2 Å². The van der Waals surface area contributed by atoms with E-state index in [-0.39, 0.29) is 68.9 Å². The van der Waals surface area contributed by atoms with Gasteiger partial charge in [-0.05, 0) is 137 Å². The van der Waals surface area contributed by atoms with E-state index in [4.69, 9.17) is 31.8 Å². The van der Waals surface area contributed by atoms with Crippen LogP contribution in [0.15, 0.2) is 0 Å². The summed E-state index contributed by atoms with van der Waals surface area (Å²) in [6, 6.07) is -3.79. The van der Waals surface area contributed by atoms with E-state index in [0.29, 0.717) is 50.6 Å². The second-order valence-corrected chi connectivity index (χ2v) is 31.7. The summed E-state index contributed by atoms with van der Waals surface area (Å²) in [5, 5.41) is 35.3. The van der Waals surface area contributed by atoms with E-state index in [1.54, 1.807) is 46.4 Å². The maximum absolute atomic E-state index is 14.4. The molecule has 8 aliphatic rings. The second-order valence-electron chi connectivity index (χ2n) is 31.7. The standard InChI is InChI=1S/C32H53N3O6.C23H38N2O5.C8H16N2O2.ClH.I2/c1-28(2,3)24(34-27(40)41-29(4,5)6)26(39)35-18-32(30(7,8)31(32)13-10-14-31)17-21(35)22(36)16-20(23(37)25(33)38)15-19-11-9-12-19;1-19(2,3)15(24-18(29)30-20(4,5)6)16(26)25-13-23(12-14(25)17(27)28)21(7,8)22(23)10-9-11-22;9-6(7(11)8(10)12)4-5-2-1-3-5;;1-2/h19-21,23-24,37H,9-18H2,1-8H3,(H2,33,38)(H,34,40);14-15H,9-13H2,1-8H3,(H,24,29)(H,27,28);5-7,11H,1-4,9H2,(H2,10,12);1H;/t20?,21-,23?,24+,32+;14-,15+,23+;;;/m00.../s1. The molecule has 8 fully saturated rings. The molecule has 6 aliphatic carbocycles. The minimum atomic E-state index is -1.40. The summed E-state index contributed by atoms with van der Waals surface area (Å²) >= 11 is 4.24. The molecule has 494 valence electrons. The molecular formula is C63H108ClI2N7O13. The van der Waals surface area contributed by atoms with Crippen molar-refractivity contribution in [1.29, 1.82) is 0 Å². The Kier molecular flexibility index (Phi) is 24.2. The lowest BCUT2D eigenvalue weighted by molar-refractivity contribution is -0.150. The molecule has 20 nitrogen and oxygen atoms in total. The number of aliphatic hydroxyl groups is 2. The number of primary amides is 2. The van der Waals surface area contributed by atoms with Gasteiger partial charge in [0.15, 0.2) is 5.78 Å². The third-order valence-electron chi connectivity index (χ3n) is 22.0. The lowest BCUT2D eigenvalue weighted by atomic mass is 9.73. The van der Waals surface area contributed by atoms with Gasteiger partial charge in [-0.2, -0.15) is 0 Å². The molecule has 0 aromatic heterocycles. The fourth-order valence-electron chi connectivity index (χ4n) is 16.2. The zero-order valence-corrected chi connectivity index (χ0v) is 59.6. The molecule has 4 unspecified atom stereocenters. The van der Waals surface area contributed by atoms with Crippen molar-refractivity contribution < 1.29 is 63.1 Å². The number of aliphatic hydroxyl groups excluding tert-OH is 2. The number of ketones is 1. The van der Waals surface area contributed by atoms with E-state index in [0.717, 1.165) is 51.4 Å². The van der Waals surface area contributed by atoms with Crippen molar-refractivity contribution in [3.05, 3.63) is 0 Å². The number of likely N-dealkylation sites (tertiary alicyclic amines) is 2. The van der Waals surface area contributed by atoms with Crippen LogP contribution in [0.3, 0.4) is 0 Å². The van der Waals surface area contributed by atoms with Gasteiger partial charge >= 0.3 is 18.2 Å². The Labute approximate surface area is 542 Å². The fraction of sp³-hybridized carbons (Fsp3) is 0.873. The van der Waals surface area contributed by atoms with Gasteiger partial charge in [-0.3, -0.25) is 24.0 Å². The molecule has 6 amide bonds. The molecule has 0 aromatic rings. The Bertz CT molecular complexity index is 2470. The lowest BCUT2D eigenvalue weighted by Crippen LogP contribution is -2.57. The smallest absolute Gasteiger partial charge is 0.408 e. The number of ether oxygens (including phenoxy) is 2.